The molecule has 3 nitrogen and oxygen atoms in total. The van der Waals surface area contributed by atoms with E-state index in [0.29, 0.717) is 31.3 Å². The predicted octanol–water partition coefficient (Wildman–Crippen LogP) is 10.8. The summed E-state index contributed by atoms with van der Waals surface area (Å²) >= 11 is 0. The summed E-state index contributed by atoms with van der Waals surface area (Å²) in [5.74, 6) is 1.37. The number of unbranched alkanes of at least 4 members (excludes halogenated alkanes) is 1. The Labute approximate surface area is 250 Å². The van der Waals surface area contributed by atoms with Crippen molar-refractivity contribution < 1.29 is 36.2 Å². The first-order chi connectivity index (χ1) is 20.6. The molecule has 0 heterocycles. The first-order valence-corrected chi connectivity index (χ1v) is 15.6. The van der Waals surface area contributed by atoms with Gasteiger partial charge in [0.25, 0.3) is 0 Å². The molecule has 43 heavy (non-hydrogen) atoms. The maximum absolute atomic E-state index is 13.9. The zero-order valence-electron chi connectivity index (χ0n) is 24.7. The molecule has 5 rings (SSSR count). The molecular formula is C35H41F5O3. The first-order valence-electron chi connectivity index (χ1n) is 15.6. The van der Waals surface area contributed by atoms with E-state index in [1.165, 1.54) is 16.3 Å². The highest BCUT2D eigenvalue weighted by Gasteiger charge is 2.50. The summed E-state index contributed by atoms with van der Waals surface area (Å²) in [5, 5.41) is 2.45. The van der Waals surface area contributed by atoms with E-state index in [-0.39, 0.29) is 18.8 Å². The normalized spacial score (nSPS) is 23.3. The van der Waals surface area contributed by atoms with Crippen LogP contribution in [0, 0.1) is 11.8 Å². The highest BCUT2D eigenvalue weighted by Crippen LogP contribution is 2.45. The molecule has 2 saturated carbocycles. The average Bonchev–Trinajstić information content (AvgIpc) is 2.99. The SMILES string of the molecule is CCCCOc1ccc2cc(C3CCC(COc4ccc(C5CCC(C(F)(F)OC(F)(F)F)CC5)cc4)CC3)ccc2c1. The van der Waals surface area contributed by atoms with E-state index < -0.39 is 18.4 Å². The van der Waals surface area contributed by atoms with Gasteiger partial charge in [-0.15, -0.1) is 13.2 Å². The van der Waals surface area contributed by atoms with E-state index in [1.807, 2.05) is 24.3 Å². The fourth-order valence-electron chi connectivity index (χ4n) is 6.63. The fraction of sp³-hybridized carbons (Fsp3) is 0.543. The Morgan fingerprint density at radius 1 is 0.651 bits per heavy atom. The lowest BCUT2D eigenvalue weighted by atomic mass is 9.78. The molecule has 0 radical (unpaired) electrons. The molecule has 0 spiro atoms. The Morgan fingerprint density at radius 2 is 1.23 bits per heavy atom. The van der Waals surface area contributed by atoms with Crippen molar-refractivity contribution in [1.29, 1.82) is 0 Å². The van der Waals surface area contributed by atoms with Gasteiger partial charge in [0.2, 0.25) is 0 Å². The molecular weight excluding hydrogens is 563 g/mol. The maximum atomic E-state index is 13.9. The second kappa shape index (κ2) is 13.8. The second-order valence-corrected chi connectivity index (χ2v) is 12.2. The number of ether oxygens (including phenoxy) is 3. The minimum absolute atomic E-state index is 0.0110. The lowest BCUT2D eigenvalue weighted by Crippen LogP contribution is -2.38. The molecule has 0 unspecified atom stereocenters. The third-order valence-corrected chi connectivity index (χ3v) is 9.21. The molecule has 0 N–H and O–H groups in total. The molecule has 3 aromatic rings. The Hall–Kier alpha value is -2.87. The van der Waals surface area contributed by atoms with E-state index in [2.05, 4.69) is 48.1 Å². The van der Waals surface area contributed by atoms with Crippen molar-refractivity contribution in [2.45, 2.75) is 95.4 Å². The Morgan fingerprint density at radius 3 is 1.91 bits per heavy atom. The Bertz CT molecular complexity index is 1310. The largest absolute Gasteiger partial charge is 0.527 e. The van der Waals surface area contributed by atoms with Crippen LogP contribution in [0.1, 0.15) is 94.1 Å². The van der Waals surface area contributed by atoms with Gasteiger partial charge in [0.05, 0.1) is 19.1 Å². The Balaban J connectivity index is 1.05. The Kier molecular flexibility index (Phi) is 10.2. The quantitative estimate of drug-likeness (QED) is 0.161. The summed E-state index contributed by atoms with van der Waals surface area (Å²) in [5.41, 5.74) is 2.40. The van der Waals surface area contributed by atoms with Gasteiger partial charge in [0.1, 0.15) is 11.5 Å². The summed E-state index contributed by atoms with van der Waals surface area (Å²) in [4.78, 5) is 0. The van der Waals surface area contributed by atoms with Crippen LogP contribution < -0.4 is 9.47 Å². The monoisotopic (exact) mass is 604 g/mol. The van der Waals surface area contributed by atoms with Crippen molar-refractivity contribution in [1.82, 2.24) is 0 Å². The topological polar surface area (TPSA) is 27.7 Å². The lowest BCUT2D eigenvalue weighted by molar-refractivity contribution is -0.438. The van der Waals surface area contributed by atoms with Crippen molar-refractivity contribution in [3.63, 3.8) is 0 Å². The number of hydrogen-bond acceptors (Lipinski definition) is 3. The van der Waals surface area contributed by atoms with Gasteiger partial charge in [0.15, 0.2) is 0 Å². The van der Waals surface area contributed by atoms with Gasteiger partial charge in [-0.05, 0) is 122 Å². The van der Waals surface area contributed by atoms with Gasteiger partial charge < -0.3 is 9.47 Å². The van der Waals surface area contributed by atoms with Crippen LogP contribution in [-0.2, 0) is 4.74 Å². The number of halogens is 5. The van der Waals surface area contributed by atoms with Gasteiger partial charge in [-0.1, -0.05) is 49.7 Å². The minimum Gasteiger partial charge on any atom is -0.494 e. The van der Waals surface area contributed by atoms with Crippen molar-refractivity contribution in [3.05, 3.63) is 71.8 Å². The molecule has 0 atom stereocenters. The van der Waals surface area contributed by atoms with Gasteiger partial charge in [-0.3, -0.25) is 0 Å². The molecule has 3 aromatic carbocycles. The van der Waals surface area contributed by atoms with Gasteiger partial charge in [-0.25, -0.2) is 4.74 Å². The summed E-state index contributed by atoms with van der Waals surface area (Å²) in [6.45, 7) is 3.57. The van der Waals surface area contributed by atoms with Crippen LogP contribution in [0.15, 0.2) is 60.7 Å². The molecule has 0 aliphatic heterocycles. The van der Waals surface area contributed by atoms with Crippen LogP contribution in [0.3, 0.4) is 0 Å². The average molecular weight is 605 g/mol. The molecule has 8 heteroatoms. The van der Waals surface area contributed by atoms with Crippen molar-refractivity contribution in [3.8, 4) is 11.5 Å². The van der Waals surface area contributed by atoms with Gasteiger partial charge >= 0.3 is 12.5 Å². The highest BCUT2D eigenvalue weighted by molar-refractivity contribution is 5.84. The van der Waals surface area contributed by atoms with Crippen LogP contribution in [0.4, 0.5) is 22.0 Å². The molecule has 0 saturated heterocycles. The molecule has 2 aliphatic carbocycles. The van der Waals surface area contributed by atoms with Crippen molar-refractivity contribution >= 4 is 10.8 Å². The second-order valence-electron chi connectivity index (χ2n) is 12.2. The smallest absolute Gasteiger partial charge is 0.494 e. The molecule has 0 amide bonds. The first kappa shape index (κ1) is 31.6. The summed E-state index contributed by atoms with van der Waals surface area (Å²) in [7, 11) is 0. The molecule has 2 fully saturated rings. The van der Waals surface area contributed by atoms with Crippen molar-refractivity contribution in [2.24, 2.45) is 11.8 Å². The van der Waals surface area contributed by atoms with E-state index in [9.17, 15) is 22.0 Å². The van der Waals surface area contributed by atoms with Crippen LogP contribution >= 0.6 is 0 Å². The molecule has 2 aliphatic rings. The third kappa shape index (κ3) is 8.62. The zero-order chi connectivity index (χ0) is 30.5. The standard InChI is InChI=1S/C35H41F5O3/c1-2-3-20-41-33-19-14-29-21-28(8-9-30(29)22-33)27-6-4-24(5-7-27)23-42-32-17-12-26(13-18-32)25-10-15-31(16-11-25)34(36,37)43-35(38,39)40/h8-9,12-14,17-19,21-22,24-25,27,31H,2-7,10-11,15-16,20,23H2,1H3. The molecule has 234 valence electrons. The van der Waals surface area contributed by atoms with Crippen LogP contribution in [0.25, 0.3) is 10.8 Å². The minimum atomic E-state index is -5.35. The van der Waals surface area contributed by atoms with Crippen LogP contribution in [-0.4, -0.2) is 25.7 Å². The summed E-state index contributed by atoms with van der Waals surface area (Å²) in [6.07, 6.45) is -2.10. The van der Waals surface area contributed by atoms with Crippen molar-refractivity contribution in [2.75, 3.05) is 13.2 Å². The highest BCUT2D eigenvalue weighted by atomic mass is 19.4. The van der Waals surface area contributed by atoms with E-state index in [0.717, 1.165) is 62.2 Å². The number of fused-ring (bicyclic) bond motifs is 1. The lowest BCUT2D eigenvalue weighted by Gasteiger charge is -2.33. The summed E-state index contributed by atoms with van der Waals surface area (Å²) < 4.78 is 79.8. The van der Waals surface area contributed by atoms with Crippen LogP contribution in [0.2, 0.25) is 0 Å². The van der Waals surface area contributed by atoms with E-state index in [4.69, 9.17) is 9.47 Å². The number of alkyl halides is 5. The fourth-order valence-corrected chi connectivity index (χ4v) is 6.63. The predicted molar refractivity (Wildman–Crippen MR) is 158 cm³/mol. The zero-order valence-corrected chi connectivity index (χ0v) is 24.7. The van der Waals surface area contributed by atoms with Gasteiger partial charge in [0, 0.05) is 0 Å². The number of rotatable bonds is 11. The van der Waals surface area contributed by atoms with E-state index >= 15 is 0 Å². The third-order valence-electron chi connectivity index (χ3n) is 9.21. The van der Waals surface area contributed by atoms with Gasteiger partial charge in [-0.2, -0.15) is 8.78 Å². The van der Waals surface area contributed by atoms with E-state index in [1.54, 1.807) is 0 Å². The number of benzene rings is 3. The number of hydrogen-bond donors (Lipinski definition) is 0. The molecule has 0 aromatic heterocycles. The molecule has 0 bridgehead atoms. The van der Waals surface area contributed by atoms with Crippen LogP contribution in [0.5, 0.6) is 11.5 Å². The summed E-state index contributed by atoms with van der Waals surface area (Å²) in [6, 6.07) is 20.8. The maximum Gasteiger partial charge on any atom is 0.527 e.